The number of ether oxygens (including phenoxy) is 1. The largest absolute Gasteiger partial charge is 0.421 e. The van der Waals surface area contributed by atoms with Crippen LogP contribution in [-0.4, -0.2) is 11.2 Å². The molecule has 0 spiro atoms. The molecule has 0 radical (unpaired) electrons. The maximum absolute atomic E-state index is 12.1. The number of benzene rings is 2. The number of esters is 1. The monoisotopic (exact) mass is 393 g/mol. The van der Waals surface area contributed by atoms with E-state index in [2.05, 4.69) is 20.8 Å². The minimum absolute atomic E-state index is 0.272. The Morgan fingerprint density at radius 2 is 1.63 bits per heavy atom. The molecular formula is C22H32ClNO3. The van der Waals surface area contributed by atoms with Crippen LogP contribution in [0.25, 0.3) is 0 Å². The second-order valence-electron chi connectivity index (χ2n) is 6.65. The van der Waals surface area contributed by atoms with Gasteiger partial charge in [0.15, 0.2) is 5.75 Å². The van der Waals surface area contributed by atoms with E-state index in [1.165, 1.54) is 6.07 Å². The first kappa shape index (κ1) is 25.0. The molecule has 2 aromatic rings. The van der Waals surface area contributed by atoms with Gasteiger partial charge in [0, 0.05) is 5.02 Å². The van der Waals surface area contributed by atoms with Gasteiger partial charge in [-0.1, -0.05) is 72.2 Å². The number of halogens is 1. The van der Waals surface area contributed by atoms with Gasteiger partial charge in [-0.15, -0.1) is 0 Å². The molecule has 2 aromatic carbocycles. The Labute approximate surface area is 168 Å². The number of carbonyl (C=O) groups is 1. The molecule has 0 saturated heterocycles. The normalized spacial score (nSPS) is 9.74. The summed E-state index contributed by atoms with van der Waals surface area (Å²) in [4.78, 5) is 12.1. The van der Waals surface area contributed by atoms with Crippen molar-refractivity contribution < 1.29 is 14.7 Å². The summed E-state index contributed by atoms with van der Waals surface area (Å²) in [7, 11) is 0. The van der Waals surface area contributed by atoms with Gasteiger partial charge in [-0.2, -0.15) is 0 Å². The Balaban J connectivity index is 0.000000998. The lowest BCUT2D eigenvalue weighted by molar-refractivity contribution is 0.0735. The number of anilines is 1. The molecular weight excluding hydrogens is 362 g/mol. The van der Waals surface area contributed by atoms with E-state index < -0.39 is 5.97 Å². The van der Waals surface area contributed by atoms with Crippen LogP contribution in [0.15, 0.2) is 42.5 Å². The van der Waals surface area contributed by atoms with Crippen molar-refractivity contribution in [3.05, 3.63) is 58.6 Å². The molecule has 0 aliphatic heterocycles. The summed E-state index contributed by atoms with van der Waals surface area (Å²) in [6.45, 7) is 14.6. The molecule has 0 bridgehead atoms. The summed E-state index contributed by atoms with van der Waals surface area (Å²) in [6.07, 6.45) is 0. The van der Waals surface area contributed by atoms with Gasteiger partial charge in [0.1, 0.15) is 5.69 Å². The molecule has 150 valence electrons. The van der Waals surface area contributed by atoms with E-state index in [1.54, 1.807) is 30.3 Å². The molecule has 0 amide bonds. The second-order valence-corrected chi connectivity index (χ2v) is 7.09. The standard InChI is InChI=1S/C16H16ClNO3.C4H10.C2H6/c1-10(2)11-6-7-14(18-20)15(9-11)21-16(19)12-4-3-5-13(17)8-12;1-4(2)3;1-2/h3-10,18,20H,1-2H3;4H,1-3H3;1-2H3. The highest BCUT2D eigenvalue weighted by molar-refractivity contribution is 6.30. The Morgan fingerprint density at radius 1 is 1.04 bits per heavy atom. The highest BCUT2D eigenvalue weighted by Crippen LogP contribution is 2.29. The molecule has 0 unspecified atom stereocenters. The van der Waals surface area contributed by atoms with E-state index in [0.29, 0.717) is 16.3 Å². The summed E-state index contributed by atoms with van der Waals surface area (Å²) in [5.41, 5.74) is 3.71. The Hall–Kier alpha value is -2.04. The average Bonchev–Trinajstić information content (AvgIpc) is 2.62. The van der Waals surface area contributed by atoms with Gasteiger partial charge in [0.2, 0.25) is 0 Å². The predicted octanol–water partition coefficient (Wildman–Crippen LogP) is 7.17. The van der Waals surface area contributed by atoms with Gasteiger partial charge in [-0.05, 0) is 47.7 Å². The molecule has 2 N–H and O–H groups in total. The molecule has 0 aliphatic carbocycles. The smallest absolute Gasteiger partial charge is 0.343 e. The van der Waals surface area contributed by atoms with Crippen LogP contribution in [0.3, 0.4) is 0 Å². The Bertz CT molecular complexity index is 697. The molecule has 4 nitrogen and oxygen atoms in total. The van der Waals surface area contributed by atoms with Crippen LogP contribution in [0.2, 0.25) is 5.02 Å². The summed E-state index contributed by atoms with van der Waals surface area (Å²) in [6, 6.07) is 11.8. The average molecular weight is 394 g/mol. The summed E-state index contributed by atoms with van der Waals surface area (Å²) in [5, 5.41) is 9.57. The van der Waals surface area contributed by atoms with Crippen LogP contribution in [0, 0.1) is 5.92 Å². The van der Waals surface area contributed by atoms with Gasteiger partial charge in [0.25, 0.3) is 0 Å². The van der Waals surface area contributed by atoms with E-state index in [0.717, 1.165) is 11.5 Å². The highest BCUT2D eigenvalue weighted by atomic mass is 35.5. The van der Waals surface area contributed by atoms with Crippen molar-refractivity contribution in [2.75, 3.05) is 5.48 Å². The molecule has 0 atom stereocenters. The van der Waals surface area contributed by atoms with E-state index in [1.807, 2.05) is 39.2 Å². The van der Waals surface area contributed by atoms with Crippen molar-refractivity contribution in [1.29, 1.82) is 0 Å². The topological polar surface area (TPSA) is 58.6 Å². The third kappa shape index (κ3) is 9.45. The van der Waals surface area contributed by atoms with E-state index >= 15 is 0 Å². The minimum Gasteiger partial charge on any atom is -0.421 e. The highest BCUT2D eigenvalue weighted by Gasteiger charge is 2.13. The summed E-state index contributed by atoms with van der Waals surface area (Å²) in [5.74, 6) is 0.852. The fraction of sp³-hybridized carbons (Fsp3) is 0.409. The lowest BCUT2D eigenvalue weighted by atomic mass is 10.0. The number of hydrogen-bond acceptors (Lipinski definition) is 4. The van der Waals surface area contributed by atoms with Gasteiger partial charge in [-0.3, -0.25) is 10.7 Å². The van der Waals surface area contributed by atoms with Crippen LogP contribution < -0.4 is 10.2 Å². The third-order valence-electron chi connectivity index (χ3n) is 3.06. The Kier molecular flexibility index (Phi) is 12.2. The maximum Gasteiger partial charge on any atom is 0.343 e. The molecule has 5 heteroatoms. The number of rotatable bonds is 4. The quantitative estimate of drug-likeness (QED) is 0.328. The van der Waals surface area contributed by atoms with Gasteiger partial charge < -0.3 is 4.74 Å². The zero-order chi connectivity index (χ0) is 21.0. The van der Waals surface area contributed by atoms with Crippen molar-refractivity contribution in [3.63, 3.8) is 0 Å². The fourth-order valence-corrected chi connectivity index (χ4v) is 2.04. The predicted molar refractivity (Wildman–Crippen MR) is 114 cm³/mol. The van der Waals surface area contributed by atoms with E-state index in [9.17, 15) is 4.79 Å². The zero-order valence-electron chi connectivity index (χ0n) is 17.3. The zero-order valence-corrected chi connectivity index (χ0v) is 18.1. The van der Waals surface area contributed by atoms with Crippen LogP contribution in [0.5, 0.6) is 5.75 Å². The first-order valence-corrected chi connectivity index (χ1v) is 9.64. The van der Waals surface area contributed by atoms with Crippen molar-refractivity contribution >= 4 is 23.3 Å². The van der Waals surface area contributed by atoms with E-state index in [-0.39, 0.29) is 11.7 Å². The first-order chi connectivity index (χ1) is 12.7. The molecule has 2 rings (SSSR count). The van der Waals surface area contributed by atoms with Crippen molar-refractivity contribution in [1.82, 2.24) is 0 Å². The molecule has 0 heterocycles. The van der Waals surface area contributed by atoms with Crippen molar-refractivity contribution in [2.45, 2.75) is 54.4 Å². The summed E-state index contributed by atoms with van der Waals surface area (Å²) < 4.78 is 5.35. The lowest BCUT2D eigenvalue weighted by Gasteiger charge is -2.13. The SMILES string of the molecule is CC.CC(C)C.CC(C)c1ccc(NO)c(OC(=O)c2cccc(Cl)c2)c1. The van der Waals surface area contributed by atoms with Crippen LogP contribution >= 0.6 is 11.6 Å². The second kappa shape index (κ2) is 13.2. The van der Waals surface area contributed by atoms with E-state index in [4.69, 9.17) is 21.5 Å². The lowest BCUT2D eigenvalue weighted by Crippen LogP contribution is -2.10. The van der Waals surface area contributed by atoms with Gasteiger partial charge in [0.05, 0.1) is 5.56 Å². The number of carbonyl (C=O) groups excluding carboxylic acids is 1. The number of hydrogen-bond donors (Lipinski definition) is 2. The maximum atomic E-state index is 12.1. The van der Waals surface area contributed by atoms with Crippen LogP contribution in [0.1, 0.15) is 70.3 Å². The van der Waals surface area contributed by atoms with Crippen molar-refractivity contribution in [2.24, 2.45) is 5.92 Å². The van der Waals surface area contributed by atoms with Crippen molar-refractivity contribution in [3.8, 4) is 5.75 Å². The summed E-state index contributed by atoms with van der Waals surface area (Å²) >= 11 is 5.86. The minimum atomic E-state index is -0.532. The third-order valence-corrected chi connectivity index (χ3v) is 3.29. The number of nitrogens with one attached hydrogen (secondary N) is 1. The molecule has 0 fully saturated rings. The van der Waals surface area contributed by atoms with Crippen LogP contribution in [-0.2, 0) is 0 Å². The Morgan fingerprint density at radius 3 is 2.11 bits per heavy atom. The molecule has 0 aliphatic rings. The first-order valence-electron chi connectivity index (χ1n) is 9.26. The molecule has 0 saturated carbocycles. The molecule has 0 aromatic heterocycles. The van der Waals surface area contributed by atoms with Crippen LogP contribution in [0.4, 0.5) is 5.69 Å². The van der Waals surface area contributed by atoms with Gasteiger partial charge in [-0.25, -0.2) is 4.79 Å². The fourth-order valence-electron chi connectivity index (χ4n) is 1.85. The van der Waals surface area contributed by atoms with Gasteiger partial charge >= 0.3 is 5.97 Å². The molecule has 27 heavy (non-hydrogen) atoms.